The molecule has 2 N–H and O–H groups in total. The Morgan fingerprint density at radius 1 is 1.13 bits per heavy atom. The molecule has 1 atom stereocenters. The van der Waals surface area contributed by atoms with E-state index in [0.29, 0.717) is 0 Å². The summed E-state index contributed by atoms with van der Waals surface area (Å²) in [5.41, 5.74) is 2.28. The summed E-state index contributed by atoms with van der Waals surface area (Å²) < 4.78 is 0.735. The van der Waals surface area contributed by atoms with Crippen molar-refractivity contribution in [1.82, 2.24) is 10.7 Å². The van der Waals surface area contributed by atoms with Gasteiger partial charge < -0.3 is 0 Å². The number of anilines is 1. The van der Waals surface area contributed by atoms with Crippen molar-refractivity contribution in [3.05, 3.63) is 68.7 Å². The number of hydrogen-bond acceptors (Lipinski definition) is 7. The number of carbonyl (C=O) groups is 4. The molecular weight excluding hydrogens is 462 g/mol. The molecule has 11 nitrogen and oxygen atoms in total. The van der Waals surface area contributed by atoms with Crippen LogP contribution in [0.4, 0.5) is 16.2 Å². The highest BCUT2D eigenvalue weighted by molar-refractivity contribution is 9.10. The van der Waals surface area contributed by atoms with Crippen LogP contribution < -0.4 is 15.6 Å². The van der Waals surface area contributed by atoms with Crippen LogP contribution in [0.5, 0.6) is 0 Å². The largest absolute Gasteiger partial charge is 0.335 e. The average Bonchev–Trinajstić information content (AvgIpc) is 2.71. The van der Waals surface area contributed by atoms with Crippen LogP contribution in [0.15, 0.2) is 58.1 Å². The fourth-order valence-corrected chi connectivity index (χ4v) is 2.79. The number of amides is 5. The van der Waals surface area contributed by atoms with Crippen LogP contribution in [-0.4, -0.2) is 34.9 Å². The number of urea groups is 1. The van der Waals surface area contributed by atoms with Gasteiger partial charge in [-0.3, -0.25) is 29.8 Å². The molecule has 12 heteroatoms. The number of benzene rings is 2. The van der Waals surface area contributed by atoms with Crippen molar-refractivity contribution in [2.45, 2.75) is 0 Å². The highest BCUT2D eigenvalue weighted by Crippen LogP contribution is 2.22. The molecule has 0 bridgehead atoms. The zero-order valence-electron chi connectivity index (χ0n) is 14.9. The molecule has 2 aromatic carbocycles. The predicted octanol–water partition coefficient (Wildman–Crippen LogP) is 1.97. The number of nitrogens with one attached hydrogen (secondary N) is 2. The van der Waals surface area contributed by atoms with E-state index in [1.807, 2.05) is 0 Å². The lowest BCUT2D eigenvalue weighted by molar-refractivity contribution is -0.384. The minimum absolute atomic E-state index is 0.0869. The first-order valence-corrected chi connectivity index (χ1v) is 9.09. The molecule has 5 amide bonds. The molecular formula is C18H12BrN5O6. The number of halogens is 1. The monoisotopic (exact) mass is 473 g/mol. The van der Waals surface area contributed by atoms with Crippen molar-refractivity contribution in [2.24, 2.45) is 11.0 Å². The van der Waals surface area contributed by atoms with Crippen LogP contribution in [0.25, 0.3) is 0 Å². The Morgan fingerprint density at radius 2 is 1.77 bits per heavy atom. The van der Waals surface area contributed by atoms with Gasteiger partial charge in [-0.05, 0) is 36.4 Å². The first-order chi connectivity index (χ1) is 14.3. The zero-order valence-corrected chi connectivity index (χ0v) is 16.5. The third kappa shape index (κ3) is 4.38. The Labute approximate surface area is 177 Å². The number of nitro groups is 1. The third-order valence-electron chi connectivity index (χ3n) is 4.02. The van der Waals surface area contributed by atoms with E-state index in [4.69, 9.17) is 0 Å². The van der Waals surface area contributed by atoms with Gasteiger partial charge in [0.2, 0.25) is 5.91 Å². The van der Waals surface area contributed by atoms with E-state index < -0.39 is 34.6 Å². The number of rotatable bonds is 5. The molecule has 1 fully saturated rings. The minimum atomic E-state index is -1.44. The Hall–Kier alpha value is -3.93. The normalized spacial score (nSPS) is 16.5. The van der Waals surface area contributed by atoms with Crippen molar-refractivity contribution in [3.63, 3.8) is 0 Å². The maximum atomic E-state index is 12.6. The molecule has 1 aliphatic rings. The number of non-ortho nitro benzene ring substituents is 1. The van der Waals surface area contributed by atoms with Crippen molar-refractivity contribution >= 4 is 57.3 Å². The molecule has 1 heterocycles. The SMILES string of the molecule is O=C(N/N=C\[C@H]1C(=O)NC(=O)N(c2ccc(Br)cc2)C1=O)c1ccc([N+](=O)[O-])cc1. The van der Waals surface area contributed by atoms with Crippen LogP contribution in [0, 0.1) is 16.0 Å². The van der Waals surface area contributed by atoms with E-state index >= 15 is 0 Å². The van der Waals surface area contributed by atoms with Crippen LogP contribution in [0.2, 0.25) is 0 Å². The quantitative estimate of drug-likeness (QED) is 0.293. The fourth-order valence-electron chi connectivity index (χ4n) is 2.53. The molecule has 0 unspecified atom stereocenters. The van der Waals surface area contributed by atoms with Gasteiger partial charge in [-0.1, -0.05) is 15.9 Å². The topological polar surface area (TPSA) is 151 Å². The average molecular weight is 474 g/mol. The highest BCUT2D eigenvalue weighted by atomic mass is 79.9. The fraction of sp³-hybridized carbons (Fsp3) is 0.0556. The van der Waals surface area contributed by atoms with E-state index in [2.05, 4.69) is 31.8 Å². The third-order valence-corrected chi connectivity index (χ3v) is 4.55. The number of barbiturate groups is 1. The lowest BCUT2D eigenvalue weighted by atomic mass is 10.1. The van der Waals surface area contributed by atoms with Gasteiger partial charge in [0.25, 0.3) is 17.5 Å². The van der Waals surface area contributed by atoms with Gasteiger partial charge in [0, 0.05) is 28.4 Å². The second-order valence-corrected chi connectivity index (χ2v) is 6.86. The molecule has 0 aromatic heterocycles. The molecule has 30 heavy (non-hydrogen) atoms. The smallest absolute Gasteiger partial charge is 0.276 e. The second kappa shape index (κ2) is 8.61. The van der Waals surface area contributed by atoms with Gasteiger partial charge in [-0.2, -0.15) is 5.10 Å². The molecule has 0 saturated carbocycles. The van der Waals surface area contributed by atoms with E-state index in [-0.39, 0.29) is 16.9 Å². The van der Waals surface area contributed by atoms with Crippen molar-refractivity contribution in [2.75, 3.05) is 4.90 Å². The van der Waals surface area contributed by atoms with E-state index in [1.54, 1.807) is 12.1 Å². The summed E-state index contributed by atoms with van der Waals surface area (Å²) in [6.07, 6.45) is 0.902. The maximum absolute atomic E-state index is 12.6. The van der Waals surface area contributed by atoms with Gasteiger partial charge in [0.05, 0.1) is 10.6 Å². The van der Waals surface area contributed by atoms with Crippen molar-refractivity contribution in [1.29, 1.82) is 0 Å². The molecule has 1 saturated heterocycles. The number of hydrogen-bond donors (Lipinski definition) is 2. The minimum Gasteiger partial charge on any atom is -0.276 e. The summed E-state index contributed by atoms with van der Waals surface area (Å²) in [4.78, 5) is 59.7. The van der Waals surface area contributed by atoms with Crippen LogP contribution in [0.3, 0.4) is 0 Å². The molecule has 152 valence electrons. The Kier molecular flexibility index (Phi) is 5.97. The number of imide groups is 2. The van der Waals surface area contributed by atoms with Crippen molar-refractivity contribution in [3.8, 4) is 0 Å². The summed E-state index contributed by atoms with van der Waals surface area (Å²) in [7, 11) is 0. The van der Waals surface area contributed by atoms with Gasteiger partial charge in [-0.25, -0.2) is 15.1 Å². The van der Waals surface area contributed by atoms with Crippen molar-refractivity contribution < 1.29 is 24.1 Å². The standard InChI is InChI=1S/C18H12BrN5O6/c19-11-3-7-12(8-4-11)23-17(27)14(16(26)21-18(23)28)9-20-22-15(25)10-1-5-13(6-2-10)24(29)30/h1-9,14H,(H,22,25)(H,21,26,28)/b20-9-/t14-/m0/s1. The molecule has 0 aliphatic carbocycles. The lowest BCUT2D eigenvalue weighted by Crippen LogP contribution is -2.58. The number of hydrazone groups is 1. The number of carbonyl (C=O) groups excluding carboxylic acids is 4. The summed E-state index contributed by atoms with van der Waals surface area (Å²) in [5.74, 6) is -3.86. The molecule has 2 aromatic rings. The molecule has 1 aliphatic heterocycles. The summed E-state index contributed by atoms with van der Waals surface area (Å²) in [6, 6.07) is 10.2. The van der Waals surface area contributed by atoms with Gasteiger partial charge in [-0.15, -0.1) is 0 Å². The van der Waals surface area contributed by atoms with E-state index in [0.717, 1.165) is 27.7 Å². The van der Waals surface area contributed by atoms with Gasteiger partial charge in [0.1, 0.15) is 0 Å². The summed E-state index contributed by atoms with van der Waals surface area (Å²) in [6.45, 7) is 0. The molecule has 0 spiro atoms. The molecule has 3 rings (SSSR count). The van der Waals surface area contributed by atoms with E-state index in [9.17, 15) is 29.3 Å². The first kappa shape index (κ1) is 20.8. The van der Waals surface area contributed by atoms with Gasteiger partial charge >= 0.3 is 6.03 Å². The van der Waals surface area contributed by atoms with Crippen LogP contribution in [-0.2, 0) is 9.59 Å². The zero-order chi connectivity index (χ0) is 21.8. The summed E-state index contributed by atoms with van der Waals surface area (Å²) in [5, 5.41) is 16.3. The second-order valence-electron chi connectivity index (χ2n) is 5.95. The predicted molar refractivity (Wildman–Crippen MR) is 108 cm³/mol. The first-order valence-electron chi connectivity index (χ1n) is 8.30. The summed E-state index contributed by atoms with van der Waals surface area (Å²) >= 11 is 3.25. The van der Waals surface area contributed by atoms with Gasteiger partial charge in [0.15, 0.2) is 5.92 Å². The number of nitrogens with zero attached hydrogens (tertiary/aromatic N) is 3. The Morgan fingerprint density at radius 3 is 2.37 bits per heavy atom. The Balaban J connectivity index is 1.71. The molecule has 0 radical (unpaired) electrons. The van der Waals surface area contributed by atoms with Crippen LogP contribution in [0.1, 0.15) is 10.4 Å². The lowest BCUT2D eigenvalue weighted by Gasteiger charge is -2.28. The Bertz CT molecular complexity index is 1070. The number of nitro benzene ring substituents is 1. The highest BCUT2D eigenvalue weighted by Gasteiger charge is 2.40. The van der Waals surface area contributed by atoms with Crippen LogP contribution >= 0.6 is 15.9 Å². The maximum Gasteiger partial charge on any atom is 0.335 e. The van der Waals surface area contributed by atoms with E-state index in [1.165, 1.54) is 24.3 Å².